The van der Waals surface area contributed by atoms with Gasteiger partial charge in [-0.1, -0.05) is 0 Å². The number of carbonyl (C=O) groups is 2. The molecular formula is C15H19N3O2. The summed E-state index contributed by atoms with van der Waals surface area (Å²) in [5, 5.41) is 3.09. The molecule has 1 aromatic heterocycles. The average Bonchev–Trinajstić information content (AvgIpc) is 2.47. The zero-order valence-corrected chi connectivity index (χ0v) is 11.6. The summed E-state index contributed by atoms with van der Waals surface area (Å²) in [6, 6.07) is 4.08. The Balaban J connectivity index is 1.69. The van der Waals surface area contributed by atoms with Crippen molar-refractivity contribution >= 4 is 17.4 Å². The number of hydrogen-bond acceptors (Lipinski definition) is 4. The van der Waals surface area contributed by atoms with Crippen LogP contribution in [0.15, 0.2) is 18.3 Å². The van der Waals surface area contributed by atoms with Gasteiger partial charge >= 0.3 is 0 Å². The maximum Gasteiger partial charge on any atom is 0.220 e. The fourth-order valence-corrected chi connectivity index (χ4v) is 3.13. The van der Waals surface area contributed by atoms with Crippen molar-refractivity contribution in [2.24, 2.45) is 5.92 Å². The lowest BCUT2D eigenvalue weighted by Crippen LogP contribution is -2.54. The molecule has 3 rings (SSSR count). The molecule has 2 aliphatic heterocycles. The number of hydrogen-bond donors (Lipinski definition) is 1. The Kier molecular flexibility index (Phi) is 3.42. The van der Waals surface area contributed by atoms with Crippen molar-refractivity contribution in [3.05, 3.63) is 24.0 Å². The van der Waals surface area contributed by atoms with Crippen molar-refractivity contribution in [3.63, 3.8) is 0 Å². The lowest BCUT2D eigenvalue weighted by Gasteiger charge is -2.42. The van der Waals surface area contributed by atoms with Crippen molar-refractivity contribution in [1.82, 2.24) is 10.3 Å². The van der Waals surface area contributed by atoms with E-state index in [1.165, 1.54) is 6.92 Å². The molecule has 2 atom stereocenters. The SMILES string of the molecule is CC(=O)c1ccc(N2CCC3NC(=O)CCC3C2)cn1. The molecule has 2 aliphatic rings. The van der Waals surface area contributed by atoms with Gasteiger partial charge in [0.1, 0.15) is 5.69 Å². The summed E-state index contributed by atoms with van der Waals surface area (Å²) < 4.78 is 0. The van der Waals surface area contributed by atoms with Gasteiger partial charge in [0.05, 0.1) is 11.9 Å². The van der Waals surface area contributed by atoms with E-state index in [1.807, 2.05) is 6.07 Å². The summed E-state index contributed by atoms with van der Waals surface area (Å²) in [5.41, 5.74) is 1.57. The molecule has 0 radical (unpaired) electrons. The molecule has 2 unspecified atom stereocenters. The van der Waals surface area contributed by atoms with Crippen LogP contribution in [0.1, 0.15) is 36.7 Å². The quantitative estimate of drug-likeness (QED) is 0.827. The molecule has 5 nitrogen and oxygen atoms in total. The number of aromatic nitrogens is 1. The first-order valence-electron chi connectivity index (χ1n) is 7.15. The number of pyridine rings is 1. The highest BCUT2D eigenvalue weighted by Gasteiger charge is 2.33. The van der Waals surface area contributed by atoms with Crippen molar-refractivity contribution < 1.29 is 9.59 Å². The third kappa shape index (κ3) is 2.53. The van der Waals surface area contributed by atoms with Gasteiger partial charge < -0.3 is 10.2 Å². The van der Waals surface area contributed by atoms with Crippen molar-refractivity contribution in [2.75, 3.05) is 18.0 Å². The average molecular weight is 273 g/mol. The first kappa shape index (κ1) is 13.1. The molecule has 5 heteroatoms. The molecule has 3 heterocycles. The minimum Gasteiger partial charge on any atom is -0.370 e. The van der Waals surface area contributed by atoms with Gasteiger partial charge in [-0.3, -0.25) is 14.6 Å². The number of carbonyl (C=O) groups excluding carboxylic acids is 2. The molecule has 0 aromatic carbocycles. The summed E-state index contributed by atoms with van der Waals surface area (Å²) in [6.45, 7) is 3.40. The van der Waals surface area contributed by atoms with Crippen LogP contribution in [-0.4, -0.2) is 35.8 Å². The van der Waals surface area contributed by atoms with Gasteiger partial charge in [0, 0.05) is 32.5 Å². The second kappa shape index (κ2) is 5.23. The van der Waals surface area contributed by atoms with Crippen molar-refractivity contribution in [1.29, 1.82) is 0 Å². The van der Waals surface area contributed by atoms with E-state index in [1.54, 1.807) is 12.3 Å². The van der Waals surface area contributed by atoms with Crippen LogP contribution in [0.2, 0.25) is 0 Å². The minimum atomic E-state index is -0.00903. The lowest BCUT2D eigenvalue weighted by molar-refractivity contribution is -0.124. The maximum atomic E-state index is 11.4. The summed E-state index contributed by atoms with van der Waals surface area (Å²) >= 11 is 0. The number of Topliss-reactive ketones (excluding diaryl/α,β-unsaturated/α-hetero) is 1. The summed E-state index contributed by atoms with van der Waals surface area (Å²) in [5.74, 6) is 0.700. The van der Waals surface area contributed by atoms with Gasteiger partial charge in [-0.15, -0.1) is 0 Å². The molecule has 0 aliphatic carbocycles. The van der Waals surface area contributed by atoms with Gasteiger partial charge in [0.15, 0.2) is 5.78 Å². The maximum absolute atomic E-state index is 11.4. The lowest BCUT2D eigenvalue weighted by atomic mass is 9.85. The van der Waals surface area contributed by atoms with Crippen molar-refractivity contribution in [2.45, 2.75) is 32.2 Å². The molecule has 0 bridgehead atoms. The Morgan fingerprint density at radius 3 is 2.95 bits per heavy atom. The molecule has 1 aromatic rings. The van der Waals surface area contributed by atoms with Crippen LogP contribution >= 0.6 is 0 Å². The molecule has 20 heavy (non-hydrogen) atoms. The second-order valence-corrected chi connectivity index (χ2v) is 5.67. The van der Waals surface area contributed by atoms with Crippen LogP contribution in [0.5, 0.6) is 0 Å². The minimum absolute atomic E-state index is 0.00903. The summed E-state index contributed by atoms with van der Waals surface area (Å²) in [7, 11) is 0. The topological polar surface area (TPSA) is 62.3 Å². The molecule has 2 fully saturated rings. The van der Waals surface area contributed by atoms with Crippen LogP contribution in [0.3, 0.4) is 0 Å². The van der Waals surface area contributed by atoms with E-state index < -0.39 is 0 Å². The standard InChI is InChI=1S/C15H19N3O2/c1-10(19)13-4-3-12(8-16-13)18-7-6-14-11(9-18)2-5-15(20)17-14/h3-4,8,11,14H,2,5-7,9H2,1H3,(H,17,20). The number of amides is 1. The Morgan fingerprint density at radius 2 is 2.25 bits per heavy atom. The van der Waals surface area contributed by atoms with Gasteiger partial charge in [0.2, 0.25) is 5.91 Å². The second-order valence-electron chi connectivity index (χ2n) is 5.67. The summed E-state index contributed by atoms with van der Waals surface area (Å²) in [4.78, 5) is 29.1. The first-order valence-corrected chi connectivity index (χ1v) is 7.15. The fraction of sp³-hybridized carbons (Fsp3) is 0.533. The normalized spacial score (nSPS) is 25.9. The van der Waals surface area contributed by atoms with Crippen LogP contribution in [0, 0.1) is 5.92 Å². The van der Waals surface area contributed by atoms with Crippen LogP contribution in [0.4, 0.5) is 5.69 Å². The van der Waals surface area contributed by atoms with Gasteiger partial charge in [0.25, 0.3) is 0 Å². The van der Waals surface area contributed by atoms with E-state index in [0.717, 1.165) is 31.6 Å². The Hall–Kier alpha value is -1.91. The van der Waals surface area contributed by atoms with E-state index in [0.29, 0.717) is 24.1 Å². The van der Waals surface area contributed by atoms with Gasteiger partial charge in [-0.2, -0.15) is 0 Å². The number of fused-ring (bicyclic) bond motifs is 1. The van der Waals surface area contributed by atoms with Crippen LogP contribution < -0.4 is 10.2 Å². The van der Waals surface area contributed by atoms with Crippen LogP contribution in [0.25, 0.3) is 0 Å². The molecule has 0 saturated carbocycles. The van der Waals surface area contributed by atoms with E-state index in [4.69, 9.17) is 0 Å². The molecule has 2 saturated heterocycles. The highest BCUT2D eigenvalue weighted by molar-refractivity contribution is 5.92. The molecular weight excluding hydrogens is 254 g/mol. The summed E-state index contributed by atoms with van der Waals surface area (Å²) in [6.07, 6.45) is 4.35. The van der Waals surface area contributed by atoms with Crippen LogP contribution in [-0.2, 0) is 4.79 Å². The van der Waals surface area contributed by atoms with E-state index >= 15 is 0 Å². The molecule has 1 amide bonds. The zero-order valence-electron chi connectivity index (χ0n) is 11.6. The van der Waals surface area contributed by atoms with E-state index in [2.05, 4.69) is 15.2 Å². The predicted molar refractivity (Wildman–Crippen MR) is 75.7 cm³/mol. The molecule has 0 spiro atoms. The predicted octanol–water partition coefficient (Wildman–Crippen LogP) is 1.39. The third-order valence-corrected chi connectivity index (χ3v) is 4.30. The number of nitrogens with zero attached hydrogens (tertiary/aromatic N) is 2. The number of rotatable bonds is 2. The smallest absolute Gasteiger partial charge is 0.220 e. The number of nitrogens with one attached hydrogen (secondary N) is 1. The number of piperidine rings is 2. The highest BCUT2D eigenvalue weighted by Crippen LogP contribution is 2.28. The van der Waals surface area contributed by atoms with Gasteiger partial charge in [-0.25, -0.2) is 0 Å². The third-order valence-electron chi connectivity index (χ3n) is 4.30. The molecule has 1 N–H and O–H groups in total. The zero-order chi connectivity index (χ0) is 14.1. The first-order chi connectivity index (χ1) is 9.63. The van der Waals surface area contributed by atoms with E-state index in [9.17, 15) is 9.59 Å². The number of ketones is 1. The largest absolute Gasteiger partial charge is 0.370 e. The Bertz CT molecular complexity index is 526. The monoisotopic (exact) mass is 273 g/mol. The van der Waals surface area contributed by atoms with Gasteiger partial charge in [-0.05, 0) is 30.9 Å². The Morgan fingerprint density at radius 1 is 1.40 bits per heavy atom. The molecule has 106 valence electrons. The van der Waals surface area contributed by atoms with Crippen molar-refractivity contribution in [3.8, 4) is 0 Å². The number of anilines is 1. The highest BCUT2D eigenvalue weighted by atomic mass is 16.1. The van der Waals surface area contributed by atoms with E-state index in [-0.39, 0.29) is 11.7 Å². The Labute approximate surface area is 118 Å². The fourth-order valence-electron chi connectivity index (χ4n) is 3.13.